The van der Waals surface area contributed by atoms with Crippen LogP contribution in [0.25, 0.3) is 0 Å². The van der Waals surface area contributed by atoms with Crippen molar-refractivity contribution in [1.29, 1.82) is 0 Å². The summed E-state index contributed by atoms with van der Waals surface area (Å²) in [6, 6.07) is 5.70. The molecule has 10 nitrogen and oxygen atoms in total. The van der Waals surface area contributed by atoms with Crippen molar-refractivity contribution in [1.82, 2.24) is 15.5 Å². The molecule has 1 aromatic carbocycles. The number of nitrogens with zero attached hydrogens (tertiary/aromatic N) is 2. The van der Waals surface area contributed by atoms with Gasteiger partial charge in [-0.3, -0.25) is 9.59 Å². The van der Waals surface area contributed by atoms with E-state index in [1.165, 1.54) is 25.3 Å². The quantitative estimate of drug-likeness (QED) is 0.424. The van der Waals surface area contributed by atoms with Crippen LogP contribution in [0.1, 0.15) is 47.6 Å². The number of aromatic hydroxyl groups is 2. The Labute approximate surface area is 183 Å². The molecular formula is C22H25N3O7. The van der Waals surface area contributed by atoms with Crippen molar-refractivity contribution in [2.45, 2.75) is 39.0 Å². The average molecular weight is 443 g/mol. The minimum atomic E-state index is -0.782. The van der Waals surface area contributed by atoms with E-state index in [9.17, 15) is 19.8 Å². The molecule has 0 aliphatic rings. The Morgan fingerprint density at radius 2 is 2.03 bits per heavy atom. The van der Waals surface area contributed by atoms with Crippen LogP contribution in [0.3, 0.4) is 0 Å². The van der Waals surface area contributed by atoms with Crippen molar-refractivity contribution >= 4 is 5.91 Å². The van der Waals surface area contributed by atoms with Crippen LogP contribution < -0.4 is 15.5 Å². The number of aromatic nitrogens is 2. The van der Waals surface area contributed by atoms with Crippen molar-refractivity contribution in [3.63, 3.8) is 0 Å². The highest BCUT2D eigenvalue weighted by molar-refractivity contribution is 5.77. The Bertz CT molecular complexity index is 1150. The minimum absolute atomic E-state index is 0.0285. The number of amides is 1. The number of methoxy groups -OCH3 is 1. The molecule has 10 heteroatoms. The van der Waals surface area contributed by atoms with Crippen LogP contribution in [0.4, 0.5) is 0 Å². The van der Waals surface area contributed by atoms with E-state index in [0.29, 0.717) is 42.4 Å². The van der Waals surface area contributed by atoms with Crippen molar-refractivity contribution in [3.8, 4) is 17.2 Å². The second-order valence-electron chi connectivity index (χ2n) is 7.31. The largest absolute Gasteiger partial charge is 0.504 e. The molecule has 0 aliphatic carbocycles. The van der Waals surface area contributed by atoms with Gasteiger partial charge in [-0.05, 0) is 38.0 Å². The molecule has 0 saturated carbocycles. The van der Waals surface area contributed by atoms with Crippen LogP contribution in [0.15, 0.2) is 38.0 Å². The summed E-state index contributed by atoms with van der Waals surface area (Å²) >= 11 is 0. The van der Waals surface area contributed by atoms with Gasteiger partial charge < -0.3 is 29.2 Å². The van der Waals surface area contributed by atoms with Gasteiger partial charge in [-0.15, -0.1) is 0 Å². The SMILES string of the molecule is COc1cc([C@@H](CC(=O)NCCCc2nc(C)no2)c2oc(C)cc(=O)c2O)ccc1O. The molecule has 2 aromatic heterocycles. The fourth-order valence-electron chi connectivity index (χ4n) is 3.30. The molecule has 0 aliphatic heterocycles. The summed E-state index contributed by atoms with van der Waals surface area (Å²) < 4.78 is 15.8. The van der Waals surface area contributed by atoms with Crippen molar-refractivity contribution in [3.05, 3.63) is 63.3 Å². The summed E-state index contributed by atoms with van der Waals surface area (Å²) in [5.41, 5.74) is -0.0741. The summed E-state index contributed by atoms with van der Waals surface area (Å²) in [6.45, 7) is 3.68. The van der Waals surface area contributed by atoms with E-state index in [1.54, 1.807) is 19.9 Å². The summed E-state index contributed by atoms with van der Waals surface area (Å²) in [5, 5.41) is 26.8. The van der Waals surface area contributed by atoms with Crippen LogP contribution in [-0.4, -0.2) is 39.9 Å². The monoisotopic (exact) mass is 443 g/mol. The molecule has 0 saturated heterocycles. The van der Waals surface area contributed by atoms with E-state index < -0.39 is 17.1 Å². The minimum Gasteiger partial charge on any atom is -0.504 e. The number of phenolic OH excluding ortho intramolecular Hbond substituents is 1. The highest BCUT2D eigenvalue weighted by Gasteiger charge is 2.26. The number of benzene rings is 1. The maximum atomic E-state index is 12.7. The molecule has 0 bridgehead atoms. The van der Waals surface area contributed by atoms with Crippen LogP contribution >= 0.6 is 0 Å². The standard InChI is InChI=1S/C22H25N3O7/c1-12-9-17(27)21(29)22(31-12)15(14-6-7-16(26)18(10-14)30-3)11-19(28)23-8-4-5-20-24-13(2)25-32-20/h6-7,9-10,15,26,29H,4-5,8,11H2,1-3H3,(H,23,28)/t15-/m1/s1. The summed E-state index contributed by atoms with van der Waals surface area (Å²) in [7, 11) is 1.40. The van der Waals surface area contributed by atoms with E-state index in [1.807, 2.05) is 0 Å². The summed E-state index contributed by atoms with van der Waals surface area (Å²) in [4.78, 5) is 28.9. The lowest BCUT2D eigenvalue weighted by Crippen LogP contribution is -2.27. The molecule has 0 fully saturated rings. The van der Waals surface area contributed by atoms with Crippen LogP contribution in [0, 0.1) is 13.8 Å². The lowest BCUT2D eigenvalue weighted by molar-refractivity contribution is -0.121. The number of hydrogen-bond donors (Lipinski definition) is 3. The zero-order chi connectivity index (χ0) is 23.3. The van der Waals surface area contributed by atoms with E-state index in [-0.39, 0.29) is 29.6 Å². The second-order valence-corrected chi connectivity index (χ2v) is 7.31. The Balaban J connectivity index is 1.78. The number of carbonyl (C=O) groups is 1. The van der Waals surface area contributed by atoms with Gasteiger partial charge in [-0.25, -0.2) is 0 Å². The molecule has 170 valence electrons. The average Bonchev–Trinajstić information content (AvgIpc) is 3.17. The summed E-state index contributed by atoms with van der Waals surface area (Å²) in [6.07, 6.45) is 1.01. The highest BCUT2D eigenvalue weighted by Crippen LogP contribution is 2.37. The number of phenols is 1. The third-order valence-electron chi connectivity index (χ3n) is 4.84. The first-order chi connectivity index (χ1) is 15.3. The molecule has 0 radical (unpaired) electrons. The number of rotatable bonds is 9. The highest BCUT2D eigenvalue weighted by atomic mass is 16.5. The first kappa shape index (κ1) is 22.9. The van der Waals surface area contributed by atoms with Crippen LogP contribution in [0.2, 0.25) is 0 Å². The first-order valence-corrected chi connectivity index (χ1v) is 10.0. The van der Waals surface area contributed by atoms with E-state index in [4.69, 9.17) is 13.7 Å². The Morgan fingerprint density at radius 3 is 2.72 bits per heavy atom. The maximum Gasteiger partial charge on any atom is 0.227 e. The summed E-state index contributed by atoms with van der Waals surface area (Å²) in [5.74, 6) is -0.223. The van der Waals surface area contributed by atoms with Gasteiger partial charge in [0.05, 0.1) is 13.0 Å². The molecule has 3 rings (SSSR count). The van der Waals surface area contributed by atoms with Gasteiger partial charge in [0.25, 0.3) is 0 Å². The lowest BCUT2D eigenvalue weighted by Gasteiger charge is -2.19. The normalized spacial score (nSPS) is 11.8. The predicted molar refractivity (Wildman–Crippen MR) is 113 cm³/mol. The van der Waals surface area contributed by atoms with Crippen LogP contribution in [-0.2, 0) is 11.2 Å². The Morgan fingerprint density at radius 1 is 1.25 bits per heavy atom. The zero-order valence-electron chi connectivity index (χ0n) is 18.0. The smallest absolute Gasteiger partial charge is 0.227 e. The van der Waals surface area contributed by atoms with Crippen molar-refractivity contribution in [2.75, 3.05) is 13.7 Å². The number of hydrogen-bond acceptors (Lipinski definition) is 9. The van der Waals surface area contributed by atoms with Gasteiger partial charge >= 0.3 is 0 Å². The van der Waals surface area contributed by atoms with E-state index >= 15 is 0 Å². The van der Waals surface area contributed by atoms with Gasteiger partial charge in [-0.1, -0.05) is 11.2 Å². The molecule has 1 amide bonds. The Kier molecular flexibility index (Phi) is 7.14. The number of nitrogens with one attached hydrogen (secondary N) is 1. The second kappa shape index (κ2) is 9.99. The molecule has 0 spiro atoms. The zero-order valence-corrected chi connectivity index (χ0v) is 18.0. The molecule has 1 atom stereocenters. The van der Waals surface area contributed by atoms with Crippen molar-refractivity contribution in [2.24, 2.45) is 0 Å². The third kappa shape index (κ3) is 5.45. The molecule has 3 N–H and O–H groups in total. The fraction of sp³-hybridized carbons (Fsp3) is 0.364. The van der Waals surface area contributed by atoms with Gasteiger partial charge in [-0.2, -0.15) is 4.98 Å². The Hall–Kier alpha value is -3.82. The number of aryl methyl sites for hydroxylation is 3. The van der Waals surface area contributed by atoms with E-state index in [2.05, 4.69) is 15.5 Å². The van der Waals surface area contributed by atoms with Gasteiger partial charge in [0.2, 0.25) is 23.0 Å². The van der Waals surface area contributed by atoms with Crippen LogP contribution in [0.5, 0.6) is 17.2 Å². The fourth-order valence-corrected chi connectivity index (χ4v) is 3.30. The molecular weight excluding hydrogens is 418 g/mol. The first-order valence-electron chi connectivity index (χ1n) is 10.0. The third-order valence-corrected chi connectivity index (χ3v) is 4.84. The van der Waals surface area contributed by atoms with Gasteiger partial charge in [0.15, 0.2) is 23.1 Å². The molecule has 3 aromatic rings. The van der Waals surface area contributed by atoms with Gasteiger partial charge in [0, 0.05) is 25.5 Å². The lowest BCUT2D eigenvalue weighted by atomic mass is 9.91. The van der Waals surface area contributed by atoms with Crippen molar-refractivity contribution < 1.29 is 28.7 Å². The molecule has 2 heterocycles. The topological polar surface area (TPSA) is 148 Å². The predicted octanol–water partition coefficient (Wildman–Crippen LogP) is 2.33. The maximum absolute atomic E-state index is 12.7. The number of ether oxygens (including phenoxy) is 1. The molecule has 32 heavy (non-hydrogen) atoms. The van der Waals surface area contributed by atoms with Gasteiger partial charge in [0.1, 0.15) is 5.76 Å². The number of carbonyl (C=O) groups excluding carboxylic acids is 1. The van der Waals surface area contributed by atoms with E-state index in [0.717, 1.165) is 0 Å². The molecule has 0 unspecified atom stereocenters.